The van der Waals surface area contributed by atoms with Gasteiger partial charge in [-0.3, -0.25) is 0 Å². The normalized spacial score (nSPS) is 31.4. The molecular weight excluding hydrogens is 214 g/mol. The molecule has 1 aromatic heterocycles. The average Bonchev–Trinajstić information content (AvgIpc) is 2.82. The molecule has 1 aliphatic heterocycles. The molecule has 96 valence electrons. The number of hydrogen-bond acceptors (Lipinski definition) is 3. The van der Waals surface area contributed by atoms with E-state index in [9.17, 15) is 0 Å². The van der Waals surface area contributed by atoms with Crippen LogP contribution in [0.25, 0.3) is 0 Å². The van der Waals surface area contributed by atoms with Gasteiger partial charge in [0.25, 0.3) is 0 Å². The van der Waals surface area contributed by atoms with E-state index in [0.717, 1.165) is 31.6 Å². The Morgan fingerprint density at radius 2 is 2.41 bits per heavy atom. The Morgan fingerprint density at radius 1 is 1.59 bits per heavy atom. The first-order valence-corrected chi connectivity index (χ1v) is 6.56. The van der Waals surface area contributed by atoms with Gasteiger partial charge in [0.15, 0.2) is 0 Å². The number of hydrogen-bond donors (Lipinski definition) is 1. The van der Waals surface area contributed by atoms with Gasteiger partial charge in [0.1, 0.15) is 5.76 Å². The fourth-order valence-corrected chi connectivity index (χ4v) is 2.49. The maximum absolute atomic E-state index is 5.85. The van der Waals surface area contributed by atoms with Crippen molar-refractivity contribution in [2.45, 2.75) is 57.7 Å². The number of nitrogens with one attached hydrogen (secondary N) is 1. The van der Waals surface area contributed by atoms with E-state index in [1.807, 2.05) is 12.1 Å². The highest BCUT2D eigenvalue weighted by Crippen LogP contribution is 2.29. The zero-order chi connectivity index (χ0) is 12.3. The topological polar surface area (TPSA) is 34.4 Å². The summed E-state index contributed by atoms with van der Waals surface area (Å²) in [6.45, 7) is 7.40. The predicted octanol–water partition coefficient (Wildman–Crippen LogP) is 3.28. The number of furan rings is 1. The van der Waals surface area contributed by atoms with Crippen LogP contribution in [0.1, 0.15) is 51.8 Å². The highest BCUT2D eigenvalue weighted by molar-refractivity contribution is 5.03. The molecule has 3 nitrogen and oxygen atoms in total. The van der Waals surface area contributed by atoms with Crippen LogP contribution in [0, 0.1) is 0 Å². The summed E-state index contributed by atoms with van der Waals surface area (Å²) in [6, 6.07) is 4.76. The van der Waals surface area contributed by atoms with Gasteiger partial charge in [-0.05, 0) is 45.2 Å². The Hall–Kier alpha value is -0.800. The third kappa shape index (κ3) is 3.11. The average molecular weight is 237 g/mol. The van der Waals surface area contributed by atoms with E-state index >= 15 is 0 Å². The summed E-state index contributed by atoms with van der Waals surface area (Å²) in [5, 5.41) is 3.64. The summed E-state index contributed by atoms with van der Waals surface area (Å²) >= 11 is 0. The molecule has 1 N–H and O–H groups in total. The van der Waals surface area contributed by atoms with Crippen LogP contribution in [0.5, 0.6) is 0 Å². The van der Waals surface area contributed by atoms with Gasteiger partial charge in [-0.15, -0.1) is 0 Å². The minimum Gasteiger partial charge on any atom is -0.468 e. The molecule has 2 unspecified atom stereocenters. The Balaban J connectivity index is 1.91. The van der Waals surface area contributed by atoms with Crippen LogP contribution in [-0.2, 0) is 4.74 Å². The lowest BCUT2D eigenvalue weighted by Gasteiger charge is -2.39. The van der Waals surface area contributed by atoms with E-state index < -0.39 is 0 Å². The van der Waals surface area contributed by atoms with Crippen molar-refractivity contribution in [3.63, 3.8) is 0 Å². The molecule has 2 heterocycles. The smallest absolute Gasteiger partial charge is 0.120 e. The van der Waals surface area contributed by atoms with Crippen LogP contribution in [0.3, 0.4) is 0 Å². The zero-order valence-electron chi connectivity index (χ0n) is 11.0. The fourth-order valence-electron chi connectivity index (χ4n) is 2.49. The van der Waals surface area contributed by atoms with Crippen molar-refractivity contribution in [3.05, 3.63) is 24.2 Å². The third-order valence-electron chi connectivity index (χ3n) is 3.80. The van der Waals surface area contributed by atoms with Crippen molar-refractivity contribution in [3.8, 4) is 0 Å². The second-order valence-electron chi connectivity index (χ2n) is 5.25. The van der Waals surface area contributed by atoms with E-state index in [2.05, 4.69) is 26.1 Å². The molecule has 1 fully saturated rings. The quantitative estimate of drug-likeness (QED) is 0.872. The largest absolute Gasteiger partial charge is 0.468 e. The molecule has 0 saturated carbocycles. The Kier molecular flexibility index (Phi) is 3.89. The fraction of sp³-hybridized carbons (Fsp3) is 0.714. The van der Waals surface area contributed by atoms with E-state index in [1.165, 1.54) is 0 Å². The van der Waals surface area contributed by atoms with Crippen molar-refractivity contribution in [2.24, 2.45) is 0 Å². The monoisotopic (exact) mass is 237 g/mol. The lowest BCUT2D eigenvalue weighted by molar-refractivity contribution is -0.0791. The molecule has 3 heteroatoms. The van der Waals surface area contributed by atoms with Crippen LogP contribution < -0.4 is 5.32 Å². The molecule has 0 bridgehead atoms. The molecule has 17 heavy (non-hydrogen) atoms. The van der Waals surface area contributed by atoms with Crippen molar-refractivity contribution >= 4 is 0 Å². The van der Waals surface area contributed by atoms with E-state index in [-0.39, 0.29) is 11.6 Å². The molecule has 2 rings (SSSR count). The molecule has 3 atom stereocenters. The standard InChI is InChI=1S/C14H23NO2/c1-4-14(3)10-12(7-9-17-14)15-11(2)13-6-5-8-16-13/h5-6,8,11-12,15H,4,7,9-10H2,1-3H3/t11-,12?,14?/m1/s1. The predicted molar refractivity (Wildman–Crippen MR) is 67.9 cm³/mol. The van der Waals surface area contributed by atoms with Gasteiger partial charge in [0.2, 0.25) is 0 Å². The van der Waals surface area contributed by atoms with Crippen LogP contribution >= 0.6 is 0 Å². The highest BCUT2D eigenvalue weighted by Gasteiger charge is 2.32. The summed E-state index contributed by atoms with van der Waals surface area (Å²) in [6.07, 6.45) is 4.96. The van der Waals surface area contributed by atoms with E-state index in [0.29, 0.717) is 6.04 Å². The third-order valence-corrected chi connectivity index (χ3v) is 3.80. The number of ether oxygens (including phenoxy) is 1. The Bertz CT molecular complexity index is 336. The van der Waals surface area contributed by atoms with Gasteiger partial charge in [-0.2, -0.15) is 0 Å². The van der Waals surface area contributed by atoms with Gasteiger partial charge >= 0.3 is 0 Å². The van der Waals surface area contributed by atoms with Crippen molar-refractivity contribution < 1.29 is 9.15 Å². The van der Waals surface area contributed by atoms with Crippen LogP contribution in [-0.4, -0.2) is 18.2 Å². The highest BCUT2D eigenvalue weighted by atomic mass is 16.5. The maximum Gasteiger partial charge on any atom is 0.120 e. The second kappa shape index (κ2) is 5.23. The lowest BCUT2D eigenvalue weighted by atomic mass is 9.89. The van der Waals surface area contributed by atoms with Gasteiger partial charge in [-0.1, -0.05) is 6.92 Å². The van der Waals surface area contributed by atoms with Crippen LogP contribution in [0.2, 0.25) is 0 Å². The summed E-state index contributed by atoms with van der Waals surface area (Å²) in [7, 11) is 0. The SMILES string of the molecule is CCC1(C)CC(N[C@H](C)c2ccco2)CCO1. The van der Waals surface area contributed by atoms with E-state index in [1.54, 1.807) is 6.26 Å². The first-order valence-electron chi connectivity index (χ1n) is 6.56. The summed E-state index contributed by atoms with van der Waals surface area (Å²) in [5.41, 5.74) is 0.0405. The molecule has 1 aromatic rings. The minimum atomic E-state index is 0.0405. The maximum atomic E-state index is 5.85. The lowest BCUT2D eigenvalue weighted by Crippen LogP contribution is -2.45. The first kappa shape index (κ1) is 12.7. The molecule has 0 aromatic carbocycles. The second-order valence-corrected chi connectivity index (χ2v) is 5.25. The number of rotatable bonds is 4. The van der Waals surface area contributed by atoms with Crippen molar-refractivity contribution in [1.82, 2.24) is 5.32 Å². The van der Waals surface area contributed by atoms with Gasteiger partial charge < -0.3 is 14.5 Å². The first-order chi connectivity index (χ1) is 8.13. The Labute approximate surface area is 104 Å². The van der Waals surface area contributed by atoms with Gasteiger partial charge in [0.05, 0.1) is 17.9 Å². The molecule has 1 aliphatic rings. The van der Waals surface area contributed by atoms with Crippen molar-refractivity contribution in [1.29, 1.82) is 0 Å². The molecule has 0 aliphatic carbocycles. The molecular formula is C14H23NO2. The van der Waals surface area contributed by atoms with Gasteiger partial charge in [0, 0.05) is 12.6 Å². The molecule has 0 amide bonds. The van der Waals surface area contributed by atoms with Crippen LogP contribution in [0.4, 0.5) is 0 Å². The molecule has 0 radical (unpaired) electrons. The summed E-state index contributed by atoms with van der Waals surface area (Å²) in [5.74, 6) is 1.01. The summed E-state index contributed by atoms with van der Waals surface area (Å²) < 4.78 is 11.3. The summed E-state index contributed by atoms with van der Waals surface area (Å²) in [4.78, 5) is 0. The van der Waals surface area contributed by atoms with Crippen LogP contribution in [0.15, 0.2) is 22.8 Å². The molecule has 0 spiro atoms. The molecule has 1 saturated heterocycles. The van der Waals surface area contributed by atoms with Gasteiger partial charge in [-0.25, -0.2) is 0 Å². The Morgan fingerprint density at radius 3 is 3.06 bits per heavy atom. The minimum absolute atomic E-state index is 0.0405. The van der Waals surface area contributed by atoms with Crippen molar-refractivity contribution in [2.75, 3.05) is 6.61 Å². The van der Waals surface area contributed by atoms with E-state index in [4.69, 9.17) is 9.15 Å². The zero-order valence-corrected chi connectivity index (χ0v) is 11.0.